The highest BCUT2D eigenvalue weighted by atomic mass is 16.4. The van der Waals surface area contributed by atoms with E-state index in [0.717, 1.165) is 29.8 Å². The quantitative estimate of drug-likeness (QED) is 0.807. The van der Waals surface area contributed by atoms with Crippen molar-refractivity contribution < 1.29 is 9.90 Å². The number of benzene rings is 2. The second-order valence-corrected chi connectivity index (χ2v) is 5.72. The molecule has 0 amide bonds. The van der Waals surface area contributed by atoms with Gasteiger partial charge in [0.1, 0.15) is 0 Å². The standard InChI is InChI=1S/C18H15N3O2/c22-18(23)13-6-8-16(9-7-13)21-17(11-19-20-21)15-5-4-12-2-1-3-14(12)10-15/h4-11H,1-3H2,(H,22,23). The van der Waals surface area contributed by atoms with Gasteiger partial charge in [-0.3, -0.25) is 0 Å². The Morgan fingerprint density at radius 1 is 1.04 bits per heavy atom. The number of hydrogen-bond acceptors (Lipinski definition) is 3. The van der Waals surface area contributed by atoms with E-state index in [4.69, 9.17) is 5.11 Å². The van der Waals surface area contributed by atoms with Crippen LogP contribution in [-0.2, 0) is 12.8 Å². The summed E-state index contributed by atoms with van der Waals surface area (Å²) in [5.41, 5.74) is 5.87. The molecule has 0 fully saturated rings. The first-order valence-corrected chi connectivity index (χ1v) is 7.59. The zero-order chi connectivity index (χ0) is 15.8. The molecule has 1 aliphatic carbocycles. The molecule has 0 atom stereocenters. The van der Waals surface area contributed by atoms with E-state index in [1.807, 2.05) is 0 Å². The highest BCUT2D eigenvalue weighted by Gasteiger charge is 2.14. The van der Waals surface area contributed by atoms with Gasteiger partial charge in [-0.25, -0.2) is 9.48 Å². The molecule has 5 nitrogen and oxygen atoms in total. The number of nitrogens with zero attached hydrogens (tertiary/aromatic N) is 3. The molecule has 0 radical (unpaired) electrons. The molecule has 0 spiro atoms. The van der Waals surface area contributed by atoms with Crippen LogP contribution in [0, 0.1) is 0 Å². The van der Waals surface area contributed by atoms with Crippen LogP contribution in [0.2, 0.25) is 0 Å². The topological polar surface area (TPSA) is 68.0 Å². The number of carbonyl (C=O) groups is 1. The molecule has 1 aromatic heterocycles. The summed E-state index contributed by atoms with van der Waals surface area (Å²) in [6.07, 6.45) is 5.23. The lowest BCUT2D eigenvalue weighted by Gasteiger charge is -2.08. The number of hydrogen-bond donors (Lipinski definition) is 1. The van der Waals surface area contributed by atoms with Gasteiger partial charge in [0.05, 0.1) is 23.1 Å². The zero-order valence-electron chi connectivity index (χ0n) is 12.4. The van der Waals surface area contributed by atoms with Crippen molar-refractivity contribution in [3.05, 3.63) is 65.4 Å². The van der Waals surface area contributed by atoms with Crippen LogP contribution in [0.25, 0.3) is 16.9 Å². The SMILES string of the molecule is O=C(O)c1ccc(-n2nncc2-c2ccc3c(c2)CCC3)cc1. The average molecular weight is 305 g/mol. The van der Waals surface area contributed by atoms with Gasteiger partial charge in [-0.15, -0.1) is 5.10 Å². The lowest BCUT2D eigenvalue weighted by Crippen LogP contribution is -2.01. The number of carboxylic acids is 1. The molecule has 1 aliphatic rings. The van der Waals surface area contributed by atoms with Crippen molar-refractivity contribution in [1.29, 1.82) is 0 Å². The van der Waals surface area contributed by atoms with Crippen molar-refractivity contribution in [2.24, 2.45) is 0 Å². The fourth-order valence-corrected chi connectivity index (χ4v) is 3.10. The Hall–Kier alpha value is -2.95. The Bertz CT molecular complexity index is 882. The van der Waals surface area contributed by atoms with Crippen LogP contribution < -0.4 is 0 Å². The minimum Gasteiger partial charge on any atom is -0.478 e. The molecular weight excluding hydrogens is 290 g/mol. The van der Waals surface area contributed by atoms with Gasteiger partial charge in [0.25, 0.3) is 0 Å². The summed E-state index contributed by atoms with van der Waals surface area (Å²) in [6, 6.07) is 13.1. The Morgan fingerprint density at radius 2 is 1.83 bits per heavy atom. The summed E-state index contributed by atoms with van der Waals surface area (Å²) in [5.74, 6) is -0.936. The summed E-state index contributed by atoms with van der Waals surface area (Å²) >= 11 is 0. The van der Waals surface area contributed by atoms with Gasteiger partial charge in [0, 0.05) is 5.56 Å². The van der Waals surface area contributed by atoms with Crippen molar-refractivity contribution >= 4 is 5.97 Å². The molecule has 3 aromatic rings. The van der Waals surface area contributed by atoms with Crippen molar-refractivity contribution in [1.82, 2.24) is 15.0 Å². The molecule has 23 heavy (non-hydrogen) atoms. The van der Waals surface area contributed by atoms with E-state index < -0.39 is 5.97 Å². The Morgan fingerprint density at radius 3 is 2.61 bits per heavy atom. The summed E-state index contributed by atoms with van der Waals surface area (Å²) in [7, 11) is 0. The monoisotopic (exact) mass is 305 g/mol. The van der Waals surface area contributed by atoms with Crippen LogP contribution in [0.15, 0.2) is 48.7 Å². The third-order valence-corrected chi connectivity index (χ3v) is 4.30. The van der Waals surface area contributed by atoms with Crippen LogP contribution in [-0.4, -0.2) is 26.1 Å². The van der Waals surface area contributed by atoms with Gasteiger partial charge in [-0.1, -0.05) is 17.3 Å². The van der Waals surface area contributed by atoms with Gasteiger partial charge in [-0.05, 0) is 60.7 Å². The van der Waals surface area contributed by atoms with E-state index in [2.05, 4.69) is 28.5 Å². The lowest BCUT2D eigenvalue weighted by atomic mass is 10.0. The lowest BCUT2D eigenvalue weighted by molar-refractivity contribution is 0.0697. The van der Waals surface area contributed by atoms with Gasteiger partial charge in [0.2, 0.25) is 0 Å². The Balaban J connectivity index is 1.75. The molecule has 114 valence electrons. The Labute approximate surface area is 133 Å². The molecule has 0 unspecified atom stereocenters. The third-order valence-electron chi connectivity index (χ3n) is 4.30. The fourth-order valence-electron chi connectivity index (χ4n) is 3.10. The van der Waals surface area contributed by atoms with Crippen molar-refractivity contribution in [2.45, 2.75) is 19.3 Å². The highest BCUT2D eigenvalue weighted by Crippen LogP contribution is 2.28. The van der Waals surface area contributed by atoms with Gasteiger partial charge in [0.15, 0.2) is 0 Å². The van der Waals surface area contributed by atoms with Gasteiger partial charge >= 0.3 is 5.97 Å². The Kier molecular flexibility index (Phi) is 3.19. The van der Waals surface area contributed by atoms with E-state index >= 15 is 0 Å². The summed E-state index contributed by atoms with van der Waals surface area (Å²) in [4.78, 5) is 11.0. The first-order valence-electron chi connectivity index (χ1n) is 7.59. The average Bonchev–Trinajstić information content (AvgIpc) is 3.23. The van der Waals surface area contributed by atoms with Crippen molar-refractivity contribution in [3.63, 3.8) is 0 Å². The highest BCUT2D eigenvalue weighted by molar-refractivity contribution is 5.87. The number of carboxylic acid groups (broad SMARTS) is 1. The number of aryl methyl sites for hydroxylation is 2. The minimum absolute atomic E-state index is 0.257. The predicted molar refractivity (Wildman–Crippen MR) is 85.8 cm³/mol. The largest absolute Gasteiger partial charge is 0.478 e. The van der Waals surface area contributed by atoms with E-state index in [9.17, 15) is 4.79 Å². The van der Waals surface area contributed by atoms with Crippen LogP contribution in [0.4, 0.5) is 0 Å². The van der Waals surface area contributed by atoms with E-state index in [1.54, 1.807) is 35.1 Å². The molecule has 5 heteroatoms. The normalized spacial score (nSPS) is 13.0. The summed E-state index contributed by atoms with van der Waals surface area (Å²) in [6.45, 7) is 0. The van der Waals surface area contributed by atoms with E-state index in [-0.39, 0.29) is 5.56 Å². The third kappa shape index (κ3) is 2.40. The molecule has 4 rings (SSSR count). The molecule has 2 aromatic carbocycles. The molecule has 0 aliphatic heterocycles. The fraction of sp³-hybridized carbons (Fsp3) is 0.167. The molecular formula is C18H15N3O2. The molecule has 1 N–H and O–H groups in total. The van der Waals surface area contributed by atoms with Gasteiger partial charge in [-0.2, -0.15) is 0 Å². The summed E-state index contributed by atoms with van der Waals surface area (Å²) in [5, 5.41) is 17.2. The van der Waals surface area contributed by atoms with Crippen molar-refractivity contribution in [2.75, 3.05) is 0 Å². The first kappa shape index (κ1) is 13.7. The minimum atomic E-state index is -0.936. The molecule has 0 bridgehead atoms. The van der Waals surface area contributed by atoms with Crippen LogP contribution >= 0.6 is 0 Å². The van der Waals surface area contributed by atoms with E-state index in [0.29, 0.717) is 0 Å². The molecule has 1 heterocycles. The maximum Gasteiger partial charge on any atom is 0.335 e. The van der Waals surface area contributed by atoms with Crippen molar-refractivity contribution in [3.8, 4) is 16.9 Å². The van der Waals surface area contributed by atoms with Crippen LogP contribution in [0.3, 0.4) is 0 Å². The maximum absolute atomic E-state index is 11.0. The smallest absolute Gasteiger partial charge is 0.335 e. The van der Waals surface area contributed by atoms with E-state index in [1.165, 1.54) is 17.5 Å². The number of rotatable bonds is 3. The number of fused-ring (bicyclic) bond motifs is 1. The summed E-state index contributed by atoms with van der Waals surface area (Å²) < 4.78 is 1.74. The maximum atomic E-state index is 11.0. The van der Waals surface area contributed by atoms with Crippen LogP contribution in [0.1, 0.15) is 27.9 Å². The van der Waals surface area contributed by atoms with Crippen LogP contribution in [0.5, 0.6) is 0 Å². The predicted octanol–water partition coefficient (Wildman–Crippen LogP) is 3.12. The number of aromatic nitrogens is 3. The number of aromatic carboxylic acids is 1. The van der Waals surface area contributed by atoms with Gasteiger partial charge < -0.3 is 5.11 Å². The molecule has 0 saturated carbocycles. The first-order chi connectivity index (χ1) is 11.2. The second-order valence-electron chi connectivity index (χ2n) is 5.72. The zero-order valence-corrected chi connectivity index (χ0v) is 12.4. The molecule has 0 saturated heterocycles. The second kappa shape index (κ2) is 5.35.